The molecule has 12 nitrogen and oxygen atoms in total. The van der Waals surface area contributed by atoms with Crippen molar-refractivity contribution in [2.45, 2.75) is 110 Å². The molecule has 1 heterocycles. The zero-order chi connectivity index (χ0) is 33.0. The lowest BCUT2D eigenvalue weighted by atomic mass is 9.85. The summed E-state index contributed by atoms with van der Waals surface area (Å²) in [5, 5.41) is 8.81. The van der Waals surface area contributed by atoms with Gasteiger partial charge in [-0.15, -0.1) is 0 Å². The Hall–Kier alpha value is -3.67. The van der Waals surface area contributed by atoms with Crippen molar-refractivity contribution in [1.82, 2.24) is 25.8 Å². The smallest absolute Gasteiger partial charge is 0.410 e. The van der Waals surface area contributed by atoms with Crippen LogP contribution in [-0.4, -0.2) is 89.4 Å². The van der Waals surface area contributed by atoms with Gasteiger partial charge in [0.15, 0.2) is 0 Å². The van der Waals surface area contributed by atoms with Crippen LogP contribution in [-0.2, 0) is 30.3 Å². The molecule has 0 spiro atoms. The minimum Gasteiger partial charge on any atom is -0.444 e. The lowest BCUT2D eigenvalue weighted by Crippen LogP contribution is -2.60. The largest absolute Gasteiger partial charge is 0.444 e. The van der Waals surface area contributed by atoms with Crippen molar-refractivity contribution in [3.63, 3.8) is 0 Å². The molecule has 3 rings (SSSR count). The fourth-order valence-corrected chi connectivity index (χ4v) is 5.64. The zero-order valence-electron chi connectivity index (χ0n) is 27.4. The third kappa shape index (κ3) is 8.71. The number of carbonyl (C=O) groups excluding carboxylic acids is 5. The minimum absolute atomic E-state index is 0.0831. The molecule has 0 saturated carbocycles. The summed E-state index contributed by atoms with van der Waals surface area (Å²) in [7, 11) is 1.46. The van der Waals surface area contributed by atoms with Gasteiger partial charge >= 0.3 is 6.09 Å². The van der Waals surface area contributed by atoms with Crippen LogP contribution in [0.2, 0.25) is 0 Å². The van der Waals surface area contributed by atoms with Crippen LogP contribution in [0.25, 0.3) is 0 Å². The molecular formula is C32H50N6O6. The predicted octanol–water partition coefficient (Wildman–Crippen LogP) is 2.01. The van der Waals surface area contributed by atoms with Gasteiger partial charge in [-0.2, -0.15) is 0 Å². The third-order valence-electron chi connectivity index (χ3n) is 8.16. The molecule has 2 aliphatic rings. The molecule has 5 N–H and O–H groups in total. The molecule has 1 aliphatic heterocycles. The molecule has 5 amide bonds. The molecule has 0 radical (unpaired) electrons. The molecule has 12 heteroatoms. The van der Waals surface area contributed by atoms with Crippen molar-refractivity contribution < 1.29 is 28.7 Å². The average molecular weight is 615 g/mol. The molecule has 1 aromatic carbocycles. The first kappa shape index (κ1) is 34.8. The Morgan fingerprint density at radius 3 is 2.34 bits per heavy atom. The number of ether oxygens (including phenoxy) is 1. The van der Waals surface area contributed by atoms with Gasteiger partial charge in [0.1, 0.15) is 23.7 Å². The summed E-state index contributed by atoms with van der Waals surface area (Å²) >= 11 is 0. The van der Waals surface area contributed by atoms with E-state index in [1.807, 2.05) is 39.0 Å². The van der Waals surface area contributed by atoms with Crippen LogP contribution < -0.4 is 21.7 Å². The van der Waals surface area contributed by atoms with E-state index in [-0.39, 0.29) is 37.4 Å². The summed E-state index contributed by atoms with van der Waals surface area (Å²) in [5.41, 5.74) is 6.29. The maximum atomic E-state index is 14.2. The van der Waals surface area contributed by atoms with E-state index >= 15 is 0 Å². The maximum Gasteiger partial charge on any atom is 0.410 e. The number of likely N-dealkylation sites (N-methyl/N-ethyl adjacent to an activating group) is 1. The number of nitrogens with two attached hydrogens (primary N) is 1. The van der Waals surface area contributed by atoms with E-state index in [4.69, 9.17) is 10.5 Å². The van der Waals surface area contributed by atoms with Gasteiger partial charge in [-0.3, -0.25) is 24.1 Å². The zero-order valence-corrected chi connectivity index (χ0v) is 27.4. The molecule has 0 aromatic heterocycles. The second-order valence-corrected chi connectivity index (χ2v) is 13.9. The van der Waals surface area contributed by atoms with Gasteiger partial charge in [0.25, 0.3) is 0 Å². The van der Waals surface area contributed by atoms with E-state index in [0.29, 0.717) is 0 Å². The first-order valence-corrected chi connectivity index (χ1v) is 15.4. The molecule has 1 aliphatic carbocycles. The highest BCUT2D eigenvalue weighted by Gasteiger charge is 2.46. The maximum absolute atomic E-state index is 14.2. The first-order chi connectivity index (χ1) is 20.4. The minimum atomic E-state index is -1.03. The fraction of sp³-hybridized carbons (Fsp3) is 0.656. The van der Waals surface area contributed by atoms with E-state index < -0.39 is 53.1 Å². The number of benzene rings is 1. The van der Waals surface area contributed by atoms with Crippen molar-refractivity contribution in [2.75, 3.05) is 20.1 Å². The number of fused-ring (bicyclic) bond motifs is 1. The van der Waals surface area contributed by atoms with Gasteiger partial charge in [0.2, 0.25) is 23.6 Å². The molecule has 1 fully saturated rings. The number of rotatable bonds is 8. The molecule has 0 bridgehead atoms. The molecule has 5 atom stereocenters. The van der Waals surface area contributed by atoms with Gasteiger partial charge in [0.05, 0.1) is 12.6 Å². The standard InChI is InChI=1S/C32H50N6O6/c1-19(37(8)30(43)44-32(5,6)7)27(40)36-26(31(2,3)4)29(42)38-18-21(34-25(39)17-33)16-24(38)28(41)35-23-15-11-13-20-12-9-10-14-22(20)23/h9-10,12,14,19,21,23-24,26H,11,13,15-18,33H2,1-8H3,(H,34,39)(H,35,41)(H,36,40)/t19-,21-,23+,24-,26+/m0/s1. The number of hydrogen-bond acceptors (Lipinski definition) is 7. The van der Waals surface area contributed by atoms with Gasteiger partial charge in [-0.25, -0.2) is 4.79 Å². The van der Waals surface area contributed by atoms with E-state index in [0.717, 1.165) is 24.8 Å². The monoisotopic (exact) mass is 614 g/mol. The van der Waals surface area contributed by atoms with Crippen LogP contribution in [0.3, 0.4) is 0 Å². The van der Waals surface area contributed by atoms with Crippen molar-refractivity contribution in [2.24, 2.45) is 11.1 Å². The van der Waals surface area contributed by atoms with Crippen LogP contribution in [0.1, 0.15) is 84.9 Å². The van der Waals surface area contributed by atoms with E-state index in [1.54, 1.807) is 27.7 Å². The van der Waals surface area contributed by atoms with Crippen molar-refractivity contribution in [1.29, 1.82) is 0 Å². The summed E-state index contributed by atoms with van der Waals surface area (Å²) in [5.74, 6) is -1.70. The van der Waals surface area contributed by atoms with Crippen LogP contribution in [0.5, 0.6) is 0 Å². The van der Waals surface area contributed by atoms with Crippen LogP contribution in [0.15, 0.2) is 24.3 Å². The average Bonchev–Trinajstić information content (AvgIpc) is 3.37. The van der Waals surface area contributed by atoms with Gasteiger partial charge < -0.3 is 31.3 Å². The number of likely N-dealkylation sites (tertiary alicyclic amines) is 1. The lowest BCUT2D eigenvalue weighted by Gasteiger charge is -2.37. The Labute approximate surface area is 260 Å². The van der Waals surface area contributed by atoms with Gasteiger partial charge in [-0.1, -0.05) is 45.0 Å². The highest BCUT2D eigenvalue weighted by molar-refractivity contribution is 5.95. The van der Waals surface area contributed by atoms with Crippen molar-refractivity contribution >= 4 is 29.7 Å². The second-order valence-electron chi connectivity index (χ2n) is 13.9. The topological polar surface area (TPSA) is 163 Å². The Morgan fingerprint density at radius 2 is 1.73 bits per heavy atom. The number of amides is 5. The highest BCUT2D eigenvalue weighted by atomic mass is 16.6. The lowest BCUT2D eigenvalue weighted by molar-refractivity contribution is -0.144. The van der Waals surface area contributed by atoms with Crippen LogP contribution >= 0.6 is 0 Å². The van der Waals surface area contributed by atoms with E-state index in [1.165, 1.54) is 22.4 Å². The summed E-state index contributed by atoms with van der Waals surface area (Å²) in [6, 6.07) is 4.49. The highest BCUT2D eigenvalue weighted by Crippen LogP contribution is 2.31. The molecule has 0 unspecified atom stereocenters. The Kier molecular flexibility index (Phi) is 11.0. The number of aryl methyl sites for hydroxylation is 1. The van der Waals surface area contributed by atoms with Crippen molar-refractivity contribution in [3.8, 4) is 0 Å². The summed E-state index contributed by atoms with van der Waals surface area (Å²) in [6.07, 6.45) is 2.19. The Balaban J connectivity index is 1.84. The molecule has 1 saturated heterocycles. The summed E-state index contributed by atoms with van der Waals surface area (Å²) in [4.78, 5) is 68.8. The third-order valence-corrected chi connectivity index (χ3v) is 8.16. The fourth-order valence-electron chi connectivity index (χ4n) is 5.64. The van der Waals surface area contributed by atoms with Crippen LogP contribution in [0, 0.1) is 5.41 Å². The quantitative estimate of drug-likeness (QED) is 0.348. The number of carbonyl (C=O) groups is 5. The SMILES string of the molecule is C[C@@H](C(=O)N[C@H](C(=O)N1C[C@@H](NC(=O)CN)C[C@H]1C(=O)N[C@@H]1CCCc2ccccc21)C(C)(C)C)N(C)C(=O)OC(C)(C)C. The molecular weight excluding hydrogens is 564 g/mol. The number of nitrogens with zero attached hydrogens (tertiary/aromatic N) is 2. The van der Waals surface area contributed by atoms with E-state index in [9.17, 15) is 24.0 Å². The predicted molar refractivity (Wildman–Crippen MR) is 166 cm³/mol. The Morgan fingerprint density at radius 1 is 1.07 bits per heavy atom. The molecule has 44 heavy (non-hydrogen) atoms. The van der Waals surface area contributed by atoms with Gasteiger partial charge in [-0.05, 0) is 69.9 Å². The van der Waals surface area contributed by atoms with E-state index in [2.05, 4.69) is 22.0 Å². The normalized spacial score (nSPS) is 21.4. The summed E-state index contributed by atoms with van der Waals surface area (Å²) < 4.78 is 5.39. The number of hydrogen-bond donors (Lipinski definition) is 4. The molecule has 244 valence electrons. The second kappa shape index (κ2) is 14.0. The van der Waals surface area contributed by atoms with Crippen molar-refractivity contribution in [3.05, 3.63) is 35.4 Å². The number of nitrogens with one attached hydrogen (secondary N) is 3. The van der Waals surface area contributed by atoms with Gasteiger partial charge in [0, 0.05) is 19.6 Å². The molecule has 1 aromatic rings. The Bertz CT molecular complexity index is 1240. The first-order valence-electron chi connectivity index (χ1n) is 15.4. The summed E-state index contributed by atoms with van der Waals surface area (Å²) in [6.45, 7) is 12.1. The van der Waals surface area contributed by atoms with Crippen LogP contribution in [0.4, 0.5) is 4.79 Å².